The first-order valence-electron chi connectivity index (χ1n) is 45.0. The molecule has 7 atom stereocenters. The van der Waals surface area contributed by atoms with E-state index in [0.717, 1.165) is 62.5 Å². The van der Waals surface area contributed by atoms with Crippen LogP contribution in [0.3, 0.4) is 0 Å². The summed E-state index contributed by atoms with van der Waals surface area (Å²) >= 11 is 0. The Morgan fingerprint density at radius 3 is 0.893 bits per heavy atom. The number of nitrogens with one attached hydrogen (secondary N) is 3. The number of carbonyl (C=O) groups excluding carboxylic acids is 7. The molecule has 3 rings (SSSR count). The molecule has 0 heterocycles. The van der Waals surface area contributed by atoms with Crippen molar-refractivity contribution in [1.82, 2.24) is 16.0 Å². The van der Waals surface area contributed by atoms with Crippen LogP contribution in [-0.4, -0.2) is 139 Å². The van der Waals surface area contributed by atoms with Gasteiger partial charge in [0.15, 0.2) is 34.5 Å². The van der Waals surface area contributed by atoms with E-state index < -0.39 is 90.3 Å². The lowest BCUT2D eigenvalue weighted by Crippen LogP contribution is -2.42. The van der Waals surface area contributed by atoms with Crippen LogP contribution in [0.15, 0.2) is 92.6 Å². The second-order valence-electron chi connectivity index (χ2n) is 30.2. The van der Waals surface area contributed by atoms with E-state index in [4.69, 9.17) is 57.1 Å². The van der Waals surface area contributed by atoms with Gasteiger partial charge in [0.05, 0.1) is 1.28 Å². The minimum Gasteiger partial charge on any atom is -0.504 e. The van der Waals surface area contributed by atoms with Crippen molar-refractivity contribution in [3.05, 3.63) is 109 Å². The topological polar surface area (TPSA) is 413 Å². The van der Waals surface area contributed by atoms with Crippen molar-refractivity contribution in [3.8, 4) is 34.5 Å². The number of ether oxygens (including phenoxy) is 7. The molecular formula is C94H159N6O20P. The third kappa shape index (κ3) is 65.8. The van der Waals surface area contributed by atoms with Crippen LogP contribution in [-0.2, 0) is 62.2 Å². The van der Waals surface area contributed by atoms with Crippen molar-refractivity contribution in [2.45, 2.75) is 368 Å². The summed E-state index contributed by atoms with van der Waals surface area (Å²) in [6, 6.07) is 10.2. The van der Waals surface area contributed by atoms with E-state index in [2.05, 4.69) is 61.2 Å². The number of esters is 4. The highest BCUT2D eigenvalue weighted by Gasteiger charge is 2.27. The molecule has 0 aliphatic carbocycles. The number of aliphatic carboxylic acids is 2. The molecule has 3 aromatic carbocycles. The Kier molecular flexibility index (Phi) is 75.6. The van der Waals surface area contributed by atoms with Gasteiger partial charge in [-0.05, 0) is 115 Å². The number of unbranched alkanes of at least 4 members (excludes halogenated alkanes) is 36. The highest BCUT2D eigenvalue weighted by Crippen LogP contribution is 2.36. The molecule has 0 aromatic heterocycles. The molecule has 0 bridgehead atoms. The molecule has 3 aromatic rings. The molecule has 27 heteroatoms. The van der Waals surface area contributed by atoms with Gasteiger partial charge < -0.3 is 86.7 Å². The number of phenolic OH excluding ortho intramolecular Hbond substituents is 2. The van der Waals surface area contributed by atoms with Crippen LogP contribution in [0, 0.1) is 0 Å². The Bertz CT molecular complexity index is 3290. The average molecular weight is 1730 g/mol. The minimum absolute atomic E-state index is 0.00260. The van der Waals surface area contributed by atoms with Gasteiger partial charge in [-0.1, -0.05) is 333 Å². The highest BCUT2D eigenvalue weighted by molar-refractivity contribution is 7.15. The molecule has 1 unspecified atom stereocenters. The second kappa shape index (κ2) is 79.9. The Balaban J connectivity index is -0.00000160. The molecule has 13 N–H and O–H groups in total. The number of para-hydroxylation sites is 3. The molecule has 0 fully saturated rings. The quantitative estimate of drug-likeness (QED) is 0.00477. The van der Waals surface area contributed by atoms with E-state index in [0.29, 0.717) is 21.2 Å². The second-order valence-corrected chi connectivity index (χ2v) is 30.2. The Morgan fingerprint density at radius 2 is 0.612 bits per heavy atom. The molecular weight excluding hydrogens is 1560 g/mol. The lowest BCUT2D eigenvalue weighted by Gasteiger charge is -2.19. The smallest absolute Gasteiger partial charge is 0.408 e. The number of benzene rings is 3. The standard InChI is InChI=1S/C35H54N2O8.C27H46N2O4.C21H36O2.C7H11NO4.C3H7NO2.CH5P/c1-6-9-10-11-12-13-14-15-16-17-18-19-20-22-29-23-21-24-30(44-32(38)27(4)36-34(40)42-25-7-2)31(29)45-33(39)28(5)37-35(41)43-26-8-3;1-4-5-6-7-8-9-10-11-12-13-14-15-16-18-23-19-17-20-24(32-26(30)21(2)28)25(23)33-27(31)22(3)29;1-2-3-4-5-6-7-8-9-10-11-12-13-14-16-19-17-15-18-20(22)21(19)23;1-3-4-12-7(11)8-5(2)6(9)10;1-2(4)3(5)6;1-2/h7-8,21,23-24,27-28H,2-3,6,9-20,22,25-26H2,1,4-5H3,(H,36,40)(H,37,41);17,19-22H,4-16,18,28-29H2,1-3H3;15,17-18,22-23H,2-14,16H2,1H3;3,5H,1,4H2,2H3,(H,8,11)(H,9,10);2H,4H2,1H3,(H,5,6);2H2,1H3/t27-,28-;21-,22-;;5-;2-;/m00.00./s1/i;;;;;2D. The monoisotopic (exact) mass is 1720 g/mol. The fourth-order valence-corrected chi connectivity index (χ4v) is 11.7. The highest BCUT2D eigenvalue weighted by atomic mass is 31.0. The van der Waals surface area contributed by atoms with Crippen LogP contribution in [0.1, 0.15) is 329 Å². The van der Waals surface area contributed by atoms with Crippen molar-refractivity contribution in [2.75, 3.05) is 26.5 Å². The first-order valence-corrected chi connectivity index (χ1v) is 45.5. The van der Waals surface area contributed by atoms with Gasteiger partial charge in [-0.2, -0.15) is 0 Å². The molecule has 0 spiro atoms. The summed E-state index contributed by atoms with van der Waals surface area (Å²) in [5.74, 6) is -4.10. The number of rotatable bonds is 61. The largest absolute Gasteiger partial charge is 0.504 e. The predicted molar refractivity (Wildman–Crippen MR) is 488 cm³/mol. The van der Waals surface area contributed by atoms with Crippen LogP contribution in [0.2, 0.25) is 0 Å². The summed E-state index contributed by atoms with van der Waals surface area (Å²) in [5.41, 5.74) is 18.5. The summed E-state index contributed by atoms with van der Waals surface area (Å²) in [6.45, 7) is 27.7. The van der Waals surface area contributed by atoms with Crippen molar-refractivity contribution >= 4 is 63.3 Å². The van der Waals surface area contributed by atoms with Gasteiger partial charge in [0.2, 0.25) is 0 Å². The molecule has 0 aliphatic rings. The number of hydrogen-bond donors (Lipinski definition) is 10. The number of carboxylic acids is 2. The van der Waals surface area contributed by atoms with Crippen LogP contribution in [0.5, 0.6) is 34.5 Å². The summed E-state index contributed by atoms with van der Waals surface area (Å²) in [7, 11) is 0.333. The van der Waals surface area contributed by atoms with Crippen LogP contribution < -0.4 is 52.1 Å². The maximum Gasteiger partial charge on any atom is 0.408 e. The number of nitrogens with two attached hydrogens (primary N) is 3. The molecule has 0 saturated heterocycles. The summed E-state index contributed by atoms with van der Waals surface area (Å²) in [4.78, 5) is 104. The zero-order chi connectivity index (χ0) is 91.9. The Labute approximate surface area is 729 Å². The number of phenols is 2. The number of alkyl carbamates (subject to hydrolysis) is 3. The fourth-order valence-electron chi connectivity index (χ4n) is 11.7. The van der Waals surface area contributed by atoms with E-state index in [9.17, 15) is 53.4 Å². The lowest BCUT2D eigenvalue weighted by molar-refractivity contribution is -0.139. The van der Waals surface area contributed by atoms with Gasteiger partial charge in [0.1, 0.15) is 56.1 Å². The summed E-state index contributed by atoms with van der Waals surface area (Å²) in [5, 5.41) is 42.3. The third-order valence-corrected chi connectivity index (χ3v) is 18.9. The van der Waals surface area contributed by atoms with Gasteiger partial charge in [-0.15, -0.1) is 9.18 Å². The molecule has 690 valence electrons. The maximum atomic E-state index is 12.9. The van der Waals surface area contributed by atoms with Crippen LogP contribution in [0.25, 0.3) is 0 Å². The molecule has 121 heavy (non-hydrogen) atoms. The average Bonchev–Trinajstić information content (AvgIpc) is 0.829. The zero-order valence-electron chi connectivity index (χ0n) is 76.4. The summed E-state index contributed by atoms with van der Waals surface area (Å²) < 4.78 is 42.6. The number of amides is 3. The molecule has 26 nitrogen and oxygen atoms in total. The van der Waals surface area contributed by atoms with E-state index in [1.165, 1.54) is 270 Å². The number of aryl methyl sites for hydroxylation is 3. The van der Waals surface area contributed by atoms with E-state index in [1.54, 1.807) is 38.1 Å². The lowest BCUT2D eigenvalue weighted by atomic mass is 10.0. The molecule has 0 aliphatic heterocycles. The SMILES string of the molecule is C=CCOC(=O)N[C@@H](C)C(=O)O.C=CCOC(=O)N[C@@H](C)C(=O)Oc1cccc(CCCCCCCCCCCCCCC)c1OC(=O)[C@H](C)NC(=O)OCC=C.CCCCCCCCCCCCCCCc1cccc(O)c1O.CCCCCCCCCCCCCCCc1cccc(OC(=O)[C@H](C)N)c1OC(=O)[C@H](C)N.C[C@H](N)C(=O)O.[2H]PC. The first kappa shape index (κ1) is 114. The molecule has 0 saturated carbocycles. The number of aromatic hydroxyl groups is 2. The van der Waals surface area contributed by atoms with Crippen molar-refractivity contribution in [1.29, 1.82) is 1.28 Å². The Hall–Kier alpha value is -8.58. The Morgan fingerprint density at radius 1 is 0.372 bits per heavy atom. The first-order chi connectivity index (χ1) is 58.5. The van der Waals surface area contributed by atoms with Crippen LogP contribution in [0.4, 0.5) is 14.4 Å². The number of carbonyl (C=O) groups is 9. The van der Waals surface area contributed by atoms with Gasteiger partial charge in [-0.25, -0.2) is 33.6 Å². The molecule has 0 radical (unpaired) electrons. The summed E-state index contributed by atoms with van der Waals surface area (Å²) in [6.07, 6.45) is 54.3. The maximum absolute atomic E-state index is 12.9. The number of hydrogen-bond acceptors (Lipinski definition) is 21. The normalized spacial score (nSPS) is 12.1. The van der Waals surface area contributed by atoms with E-state index >= 15 is 0 Å². The molecule has 3 amide bonds. The fraction of sp³-hybridized carbons (Fsp3) is 0.649. The van der Waals surface area contributed by atoms with Crippen molar-refractivity contribution in [2.24, 2.45) is 17.2 Å². The van der Waals surface area contributed by atoms with Crippen molar-refractivity contribution in [3.63, 3.8) is 0 Å². The van der Waals surface area contributed by atoms with Gasteiger partial charge in [0, 0.05) is 0 Å². The van der Waals surface area contributed by atoms with Gasteiger partial charge >= 0.3 is 54.1 Å². The third-order valence-electron chi connectivity index (χ3n) is 18.9. The van der Waals surface area contributed by atoms with Crippen LogP contribution >= 0.6 is 9.18 Å². The van der Waals surface area contributed by atoms with Crippen molar-refractivity contribution < 1.29 is 96.7 Å². The minimum atomic E-state index is -1.11. The number of carboxylic acid groups (broad SMARTS) is 2. The van der Waals surface area contributed by atoms with E-state index in [-0.39, 0.29) is 54.3 Å². The zero-order valence-corrected chi connectivity index (χ0v) is 76.4. The van der Waals surface area contributed by atoms with Gasteiger partial charge in [-0.3, -0.25) is 9.59 Å². The van der Waals surface area contributed by atoms with Gasteiger partial charge in [0.25, 0.3) is 0 Å². The predicted octanol–water partition coefficient (Wildman–Crippen LogP) is 20.6. The van der Waals surface area contributed by atoms with E-state index in [1.807, 2.05) is 24.9 Å².